The average molecular weight is 214 g/mol. The van der Waals surface area contributed by atoms with Crippen molar-refractivity contribution in [3.8, 4) is 5.75 Å². The van der Waals surface area contributed by atoms with Gasteiger partial charge in [-0.1, -0.05) is 30.4 Å². The smallest absolute Gasteiger partial charge is 0.404 e. The number of hydrogen-bond donors (Lipinski definition) is 2. The number of allylic oxidation sites excluding steroid dienone is 1. The molecular formula is C9H11O4P. The molecule has 0 amide bonds. The Kier molecular flexibility index (Phi) is 3.47. The van der Waals surface area contributed by atoms with E-state index in [4.69, 9.17) is 9.79 Å². The fourth-order valence-electron chi connectivity index (χ4n) is 1.01. The maximum Gasteiger partial charge on any atom is 0.524 e. The number of phosphoric ester groups is 1. The van der Waals surface area contributed by atoms with Gasteiger partial charge in [-0.2, -0.15) is 0 Å². The van der Waals surface area contributed by atoms with E-state index >= 15 is 0 Å². The first-order valence-electron chi connectivity index (χ1n) is 4.00. The van der Waals surface area contributed by atoms with Gasteiger partial charge in [0.2, 0.25) is 0 Å². The zero-order valence-electron chi connectivity index (χ0n) is 7.62. The van der Waals surface area contributed by atoms with Gasteiger partial charge in [0.15, 0.2) is 0 Å². The van der Waals surface area contributed by atoms with E-state index in [1.165, 1.54) is 6.07 Å². The van der Waals surface area contributed by atoms with Crippen LogP contribution in [0, 0.1) is 0 Å². The molecule has 4 nitrogen and oxygen atoms in total. The van der Waals surface area contributed by atoms with E-state index in [0.717, 1.165) is 0 Å². The average Bonchev–Trinajstić information content (AvgIpc) is 2.06. The molecule has 5 heteroatoms. The van der Waals surface area contributed by atoms with Crippen molar-refractivity contribution >= 4 is 13.9 Å². The van der Waals surface area contributed by atoms with Gasteiger partial charge in [-0.05, 0) is 13.0 Å². The molecular weight excluding hydrogens is 203 g/mol. The highest BCUT2D eigenvalue weighted by molar-refractivity contribution is 7.46. The Hall–Kier alpha value is -1.09. The predicted molar refractivity (Wildman–Crippen MR) is 53.8 cm³/mol. The minimum atomic E-state index is -4.47. The Morgan fingerprint density at radius 3 is 2.57 bits per heavy atom. The fraction of sp³-hybridized carbons (Fsp3) is 0.111. The molecule has 0 unspecified atom stereocenters. The number of para-hydroxylation sites is 1. The van der Waals surface area contributed by atoms with Crippen LogP contribution in [-0.2, 0) is 4.57 Å². The van der Waals surface area contributed by atoms with Crippen molar-refractivity contribution in [3.05, 3.63) is 35.9 Å². The van der Waals surface area contributed by atoms with Crippen molar-refractivity contribution in [2.45, 2.75) is 6.92 Å². The Bertz CT molecular complexity index is 380. The van der Waals surface area contributed by atoms with Crippen LogP contribution in [0.25, 0.3) is 6.08 Å². The van der Waals surface area contributed by atoms with E-state index in [1.807, 2.05) is 6.92 Å². The summed E-state index contributed by atoms with van der Waals surface area (Å²) < 4.78 is 15.1. The lowest BCUT2D eigenvalue weighted by atomic mass is 10.2. The SMILES string of the molecule is C/C=C\c1ccccc1OP(=O)(O)O. The fourth-order valence-corrected chi connectivity index (χ4v) is 1.43. The summed E-state index contributed by atoms with van der Waals surface area (Å²) in [6.07, 6.45) is 3.48. The molecule has 0 bridgehead atoms. The normalized spacial score (nSPS) is 11.9. The molecule has 0 saturated heterocycles. The van der Waals surface area contributed by atoms with Gasteiger partial charge in [-0.15, -0.1) is 0 Å². The van der Waals surface area contributed by atoms with Crippen LogP contribution >= 0.6 is 7.82 Å². The largest absolute Gasteiger partial charge is 0.524 e. The molecule has 0 aliphatic heterocycles. The van der Waals surface area contributed by atoms with E-state index in [-0.39, 0.29) is 5.75 Å². The first kappa shape index (κ1) is 11.0. The summed E-state index contributed by atoms with van der Waals surface area (Å²) in [5.74, 6) is 0.180. The van der Waals surface area contributed by atoms with Crippen LogP contribution in [0.5, 0.6) is 5.75 Å². The number of phosphoric acid groups is 1. The molecule has 0 heterocycles. The molecule has 0 radical (unpaired) electrons. The highest BCUT2D eigenvalue weighted by Gasteiger charge is 2.16. The third kappa shape index (κ3) is 3.34. The van der Waals surface area contributed by atoms with Crippen molar-refractivity contribution in [1.82, 2.24) is 0 Å². The summed E-state index contributed by atoms with van der Waals surface area (Å²) in [5, 5.41) is 0. The number of hydrogen-bond acceptors (Lipinski definition) is 2. The van der Waals surface area contributed by atoms with E-state index in [1.54, 1.807) is 30.4 Å². The maximum absolute atomic E-state index is 10.6. The molecule has 2 N–H and O–H groups in total. The predicted octanol–water partition coefficient (Wildman–Crippen LogP) is 2.19. The minimum absolute atomic E-state index is 0.180. The van der Waals surface area contributed by atoms with E-state index in [2.05, 4.69) is 4.52 Å². The van der Waals surface area contributed by atoms with Crippen molar-refractivity contribution in [2.24, 2.45) is 0 Å². The Labute approximate surface area is 82.1 Å². The summed E-state index contributed by atoms with van der Waals surface area (Å²) in [6.45, 7) is 1.81. The lowest BCUT2D eigenvalue weighted by Gasteiger charge is -2.08. The summed E-state index contributed by atoms with van der Waals surface area (Å²) in [5.41, 5.74) is 0.637. The van der Waals surface area contributed by atoms with Gasteiger partial charge < -0.3 is 4.52 Å². The quantitative estimate of drug-likeness (QED) is 0.757. The lowest BCUT2D eigenvalue weighted by Crippen LogP contribution is -1.91. The third-order valence-electron chi connectivity index (χ3n) is 1.48. The number of rotatable bonds is 3. The van der Waals surface area contributed by atoms with Crippen LogP contribution in [0.4, 0.5) is 0 Å². The molecule has 0 spiro atoms. The monoisotopic (exact) mass is 214 g/mol. The minimum Gasteiger partial charge on any atom is -0.404 e. The Balaban J connectivity index is 3.02. The first-order valence-corrected chi connectivity index (χ1v) is 5.53. The molecule has 0 fully saturated rings. The zero-order valence-corrected chi connectivity index (χ0v) is 8.52. The van der Waals surface area contributed by atoms with Crippen LogP contribution < -0.4 is 4.52 Å². The molecule has 0 aliphatic carbocycles. The second-order valence-electron chi connectivity index (χ2n) is 2.62. The molecule has 0 aliphatic rings. The molecule has 1 aromatic rings. The van der Waals surface area contributed by atoms with Crippen molar-refractivity contribution in [1.29, 1.82) is 0 Å². The van der Waals surface area contributed by atoms with Crippen LogP contribution in [-0.4, -0.2) is 9.79 Å². The van der Waals surface area contributed by atoms with E-state index < -0.39 is 7.82 Å². The van der Waals surface area contributed by atoms with Gasteiger partial charge in [0.25, 0.3) is 0 Å². The molecule has 76 valence electrons. The van der Waals surface area contributed by atoms with E-state index in [9.17, 15) is 4.57 Å². The molecule has 0 aromatic heterocycles. The third-order valence-corrected chi connectivity index (χ3v) is 1.92. The Morgan fingerprint density at radius 1 is 1.36 bits per heavy atom. The van der Waals surface area contributed by atoms with Crippen molar-refractivity contribution < 1.29 is 18.9 Å². The lowest BCUT2D eigenvalue weighted by molar-refractivity contribution is 0.283. The molecule has 0 saturated carbocycles. The van der Waals surface area contributed by atoms with E-state index in [0.29, 0.717) is 5.56 Å². The van der Waals surface area contributed by atoms with Crippen LogP contribution in [0.1, 0.15) is 12.5 Å². The maximum atomic E-state index is 10.6. The summed E-state index contributed by atoms with van der Waals surface area (Å²) in [7, 11) is -4.47. The van der Waals surface area contributed by atoms with Gasteiger partial charge >= 0.3 is 7.82 Å². The standard InChI is InChI=1S/C9H11O4P/c1-2-5-8-6-3-4-7-9(8)13-14(10,11)12/h2-7H,1H3,(H2,10,11,12)/b5-2-. The molecule has 1 rings (SSSR count). The van der Waals surface area contributed by atoms with Gasteiger partial charge in [0, 0.05) is 5.56 Å². The second-order valence-corrected chi connectivity index (χ2v) is 3.78. The molecule has 14 heavy (non-hydrogen) atoms. The summed E-state index contributed by atoms with van der Waals surface area (Å²) in [6, 6.07) is 6.64. The second kappa shape index (κ2) is 4.42. The van der Waals surface area contributed by atoms with Crippen LogP contribution in [0.3, 0.4) is 0 Å². The zero-order chi connectivity index (χ0) is 10.6. The van der Waals surface area contributed by atoms with Gasteiger partial charge in [-0.3, -0.25) is 9.79 Å². The highest BCUT2D eigenvalue weighted by Crippen LogP contribution is 2.39. The van der Waals surface area contributed by atoms with Crippen molar-refractivity contribution in [2.75, 3.05) is 0 Å². The highest BCUT2D eigenvalue weighted by atomic mass is 31.2. The van der Waals surface area contributed by atoms with Gasteiger partial charge in [0.05, 0.1) is 0 Å². The first-order chi connectivity index (χ1) is 6.53. The van der Waals surface area contributed by atoms with Crippen LogP contribution in [0.2, 0.25) is 0 Å². The van der Waals surface area contributed by atoms with Gasteiger partial charge in [-0.25, -0.2) is 4.57 Å². The molecule has 1 aromatic carbocycles. The summed E-state index contributed by atoms with van der Waals surface area (Å²) in [4.78, 5) is 17.3. The van der Waals surface area contributed by atoms with Gasteiger partial charge in [0.1, 0.15) is 5.75 Å². The topological polar surface area (TPSA) is 66.8 Å². The number of benzene rings is 1. The molecule has 0 atom stereocenters. The van der Waals surface area contributed by atoms with Crippen molar-refractivity contribution in [3.63, 3.8) is 0 Å². The Morgan fingerprint density at radius 2 is 2.00 bits per heavy atom. The van der Waals surface area contributed by atoms with Crippen LogP contribution in [0.15, 0.2) is 30.3 Å². The summed E-state index contributed by atoms with van der Waals surface area (Å²) >= 11 is 0.